The zero-order valence-electron chi connectivity index (χ0n) is 10.1. The lowest BCUT2D eigenvalue weighted by Crippen LogP contribution is -2.33. The number of rotatable bonds is 11. The second-order valence-electron chi connectivity index (χ2n) is 3.07. The molecule has 0 aliphatic heterocycles. The first kappa shape index (κ1) is 15.3. The lowest BCUT2D eigenvalue weighted by molar-refractivity contribution is -0.119. The van der Waals surface area contributed by atoms with Gasteiger partial charge in [0.05, 0.1) is 39.6 Å². The fourth-order valence-electron chi connectivity index (χ4n) is 0.899. The van der Waals surface area contributed by atoms with E-state index in [9.17, 15) is 4.79 Å². The minimum Gasteiger partial charge on any atom is -0.382 e. The summed E-state index contributed by atoms with van der Waals surface area (Å²) in [7, 11) is 3.25. The Bertz CT molecular complexity index is 167. The molecule has 6 nitrogen and oxygen atoms in total. The molecule has 0 aromatic heterocycles. The van der Waals surface area contributed by atoms with E-state index in [2.05, 4.69) is 10.6 Å². The summed E-state index contributed by atoms with van der Waals surface area (Å²) in [6, 6.07) is 0. The molecule has 96 valence electrons. The normalized spacial score (nSPS) is 10.4. The van der Waals surface area contributed by atoms with Gasteiger partial charge < -0.3 is 24.8 Å². The van der Waals surface area contributed by atoms with Gasteiger partial charge in [0.1, 0.15) is 0 Å². The van der Waals surface area contributed by atoms with Crippen molar-refractivity contribution in [2.45, 2.75) is 0 Å². The van der Waals surface area contributed by atoms with Crippen LogP contribution in [-0.2, 0) is 19.0 Å². The maximum Gasteiger partial charge on any atom is 0.233 e. The molecule has 0 saturated heterocycles. The zero-order chi connectivity index (χ0) is 12.1. The summed E-state index contributed by atoms with van der Waals surface area (Å²) in [5.74, 6) is -0.0251. The number of amides is 1. The molecule has 0 atom stereocenters. The first-order chi connectivity index (χ1) is 7.81. The molecule has 0 unspecified atom stereocenters. The van der Waals surface area contributed by atoms with Crippen molar-refractivity contribution in [2.75, 3.05) is 60.3 Å². The van der Waals surface area contributed by atoms with E-state index in [4.69, 9.17) is 14.2 Å². The molecule has 0 aliphatic carbocycles. The van der Waals surface area contributed by atoms with Crippen LogP contribution in [0.25, 0.3) is 0 Å². The maximum atomic E-state index is 10.8. The number of methoxy groups -OCH3 is 1. The molecule has 6 heteroatoms. The molecule has 2 N–H and O–H groups in total. The first-order valence-corrected chi connectivity index (χ1v) is 5.37. The molecule has 0 aliphatic rings. The van der Waals surface area contributed by atoms with Crippen LogP contribution in [0.5, 0.6) is 0 Å². The first-order valence-electron chi connectivity index (χ1n) is 5.37. The van der Waals surface area contributed by atoms with Crippen LogP contribution in [0.3, 0.4) is 0 Å². The van der Waals surface area contributed by atoms with Crippen LogP contribution in [0.15, 0.2) is 0 Å². The molecule has 0 radical (unpaired) electrons. The zero-order valence-corrected chi connectivity index (χ0v) is 10.1. The molecule has 16 heavy (non-hydrogen) atoms. The lowest BCUT2D eigenvalue weighted by Gasteiger charge is -2.06. The van der Waals surface area contributed by atoms with Crippen molar-refractivity contribution < 1.29 is 19.0 Å². The smallest absolute Gasteiger partial charge is 0.233 e. The highest BCUT2D eigenvalue weighted by Crippen LogP contribution is 1.79. The topological polar surface area (TPSA) is 68.8 Å². The molecule has 1 amide bonds. The van der Waals surface area contributed by atoms with Crippen molar-refractivity contribution >= 4 is 5.91 Å². The second kappa shape index (κ2) is 12.4. The van der Waals surface area contributed by atoms with Gasteiger partial charge in [-0.3, -0.25) is 4.79 Å². The van der Waals surface area contributed by atoms with Gasteiger partial charge in [-0.1, -0.05) is 0 Å². The summed E-state index contributed by atoms with van der Waals surface area (Å²) in [6.07, 6.45) is 0. The fraction of sp³-hybridized carbons (Fsp3) is 0.900. The number of nitrogens with one attached hydrogen (secondary N) is 2. The molecule has 0 aromatic rings. The van der Waals surface area contributed by atoms with E-state index < -0.39 is 0 Å². The minimum atomic E-state index is -0.0251. The highest BCUT2D eigenvalue weighted by atomic mass is 16.5. The van der Waals surface area contributed by atoms with Gasteiger partial charge in [-0.2, -0.15) is 0 Å². The molecule has 0 aromatic carbocycles. The average Bonchev–Trinajstić information content (AvgIpc) is 2.31. The molecular formula is C10H22N2O4. The number of hydrogen-bond acceptors (Lipinski definition) is 5. The van der Waals surface area contributed by atoms with Crippen LogP contribution >= 0.6 is 0 Å². The molecular weight excluding hydrogens is 212 g/mol. The average molecular weight is 234 g/mol. The summed E-state index contributed by atoms with van der Waals surface area (Å²) in [4.78, 5) is 10.8. The lowest BCUT2D eigenvalue weighted by atomic mass is 10.5. The fourth-order valence-corrected chi connectivity index (χ4v) is 0.899. The predicted octanol–water partition coefficient (Wildman–Crippen LogP) is -0.998. The Morgan fingerprint density at radius 2 is 1.69 bits per heavy atom. The van der Waals surface area contributed by atoms with E-state index in [0.29, 0.717) is 46.1 Å². The highest BCUT2D eigenvalue weighted by Gasteiger charge is 1.95. The summed E-state index contributed by atoms with van der Waals surface area (Å²) in [5, 5.41) is 5.47. The summed E-state index contributed by atoms with van der Waals surface area (Å²) in [5.41, 5.74) is 0. The van der Waals surface area contributed by atoms with E-state index >= 15 is 0 Å². The molecule has 0 spiro atoms. The van der Waals surface area contributed by atoms with E-state index in [0.717, 1.165) is 0 Å². The molecule has 0 saturated carbocycles. The van der Waals surface area contributed by atoms with Gasteiger partial charge in [0, 0.05) is 20.7 Å². The van der Waals surface area contributed by atoms with Gasteiger partial charge in [-0.05, 0) is 0 Å². The van der Waals surface area contributed by atoms with Crippen molar-refractivity contribution in [3.05, 3.63) is 0 Å². The Morgan fingerprint density at radius 1 is 1.06 bits per heavy atom. The Labute approximate surface area is 96.6 Å². The van der Waals surface area contributed by atoms with E-state index in [1.807, 2.05) is 0 Å². The predicted molar refractivity (Wildman–Crippen MR) is 60.5 cm³/mol. The minimum absolute atomic E-state index is 0.0251. The summed E-state index contributed by atoms with van der Waals surface area (Å²) >= 11 is 0. The van der Waals surface area contributed by atoms with Crippen LogP contribution in [0.4, 0.5) is 0 Å². The van der Waals surface area contributed by atoms with Crippen molar-refractivity contribution in [1.82, 2.24) is 10.6 Å². The monoisotopic (exact) mass is 234 g/mol. The third-order valence-electron chi connectivity index (χ3n) is 1.79. The van der Waals surface area contributed by atoms with Crippen molar-refractivity contribution in [3.63, 3.8) is 0 Å². The molecule has 0 fully saturated rings. The van der Waals surface area contributed by atoms with Crippen LogP contribution < -0.4 is 10.6 Å². The van der Waals surface area contributed by atoms with Gasteiger partial charge in [-0.15, -0.1) is 0 Å². The largest absolute Gasteiger partial charge is 0.382 e. The van der Waals surface area contributed by atoms with Gasteiger partial charge in [0.25, 0.3) is 0 Å². The Hall–Kier alpha value is -0.690. The number of ether oxygens (including phenoxy) is 3. The number of likely N-dealkylation sites (N-methyl/N-ethyl adjacent to an activating group) is 1. The number of hydrogen-bond donors (Lipinski definition) is 2. The molecule has 0 heterocycles. The van der Waals surface area contributed by atoms with Gasteiger partial charge in [-0.25, -0.2) is 0 Å². The molecule has 0 rings (SSSR count). The van der Waals surface area contributed by atoms with Crippen molar-refractivity contribution in [2.24, 2.45) is 0 Å². The van der Waals surface area contributed by atoms with Crippen LogP contribution in [-0.4, -0.2) is 66.2 Å². The quantitative estimate of drug-likeness (QED) is 0.449. The van der Waals surface area contributed by atoms with E-state index in [1.54, 1.807) is 14.2 Å². The van der Waals surface area contributed by atoms with Gasteiger partial charge >= 0.3 is 0 Å². The summed E-state index contributed by atoms with van der Waals surface area (Å²) < 4.78 is 15.3. The Balaban J connectivity index is 2.96. The van der Waals surface area contributed by atoms with E-state index in [-0.39, 0.29) is 5.91 Å². The number of carbonyl (C=O) groups excluding carboxylic acids is 1. The van der Waals surface area contributed by atoms with Crippen LogP contribution in [0.1, 0.15) is 0 Å². The van der Waals surface area contributed by atoms with Crippen molar-refractivity contribution in [1.29, 1.82) is 0 Å². The van der Waals surface area contributed by atoms with Crippen LogP contribution in [0, 0.1) is 0 Å². The standard InChI is InChI=1S/C10H22N2O4/c1-11-10(13)9-12-3-4-15-7-8-16-6-5-14-2/h12H,3-9H2,1-2H3,(H,11,13). The second-order valence-corrected chi connectivity index (χ2v) is 3.07. The van der Waals surface area contributed by atoms with Crippen molar-refractivity contribution in [3.8, 4) is 0 Å². The maximum absolute atomic E-state index is 10.8. The Kier molecular flexibility index (Phi) is 11.8. The highest BCUT2D eigenvalue weighted by molar-refractivity contribution is 5.77. The molecule has 0 bridgehead atoms. The van der Waals surface area contributed by atoms with Gasteiger partial charge in [0.2, 0.25) is 5.91 Å². The SMILES string of the molecule is CNC(=O)CNCCOCCOCCOC. The Morgan fingerprint density at radius 3 is 2.31 bits per heavy atom. The van der Waals surface area contributed by atoms with Crippen LogP contribution in [0.2, 0.25) is 0 Å². The number of carbonyl (C=O) groups is 1. The van der Waals surface area contributed by atoms with E-state index in [1.165, 1.54) is 0 Å². The third kappa shape index (κ3) is 11.4. The van der Waals surface area contributed by atoms with Gasteiger partial charge in [0.15, 0.2) is 0 Å². The summed E-state index contributed by atoms with van der Waals surface area (Å²) in [6.45, 7) is 3.88. The third-order valence-corrected chi connectivity index (χ3v) is 1.79.